The smallest absolute Gasteiger partial charge is 0.227 e. The van der Waals surface area contributed by atoms with Gasteiger partial charge in [-0.25, -0.2) is 23.7 Å². The number of aliphatic hydroxyl groups excluding tert-OH is 1. The van der Waals surface area contributed by atoms with Crippen LogP contribution in [0.25, 0.3) is 0 Å². The molecule has 0 aliphatic carbocycles. The minimum Gasteiger partial charge on any atom is -0.494 e. The van der Waals surface area contributed by atoms with Gasteiger partial charge in [0.2, 0.25) is 5.95 Å². The number of aliphatic hydroxyl groups is 1. The van der Waals surface area contributed by atoms with Crippen LogP contribution in [-0.4, -0.2) is 78.5 Å². The molecule has 1 aliphatic rings. The first-order valence-electron chi connectivity index (χ1n) is 11.9. The van der Waals surface area contributed by atoms with Crippen molar-refractivity contribution in [3.8, 4) is 17.2 Å². The third-order valence-electron chi connectivity index (χ3n) is 6.01. The Morgan fingerprint density at radius 2 is 1.62 bits per heavy atom. The Kier molecular flexibility index (Phi) is 8.86. The fourth-order valence-electron chi connectivity index (χ4n) is 3.95. The lowest BCUT2D eigenvalue weighted by Crippen LogP contribution is -2.47. The summed E-state index contributed by atoms with van der Waals surface area (Å²) in [5.41, 5.74) is 0.391. The van der Waals surface area contributed by atoms with E-state index in [1.165, 1.54) is 26.6 Å². The van der Waals surface area contributed by atoms with Crippen molar-refractivity contribution in [2.45, 2.75) is 13.0 Å². The molecule has 0 spiro atoms. The van der Waals surface area contributed by atoms with Crippen LogP contribution < -0.4 is 24.4 Å². The minimum atomic E-state index is -0.862. The van der Waals surface area contributed by atoms with Crippen molar-refractivity contribution in [1.82, 2.24) is 19.9 Å². The number of piperazine rings is 1. The van der Waals surface area contributed by atoms with Gasteiger partial charge in [-0.2, -0.15) is 0 Å². The summed E-state index contributed by atoms with van der Waals surface area (Å²) in [5, 5.41) is 12.1. The van der Waals surface area contributed by atoms with Crippen LogP contribution in [0.1, 0.15) is 12.0 Å². The summed E-state index contributed by atoms with van der Waals surface area (Å²) in [6.07, 6.45) is 5.31. The summed E-state index contributed by atoms with van der Waals surface area (Å²) in [6, 6.07) is 4.98. The number of rotatable bonds is 11. The molecular formula is C25H30F2N6O4. The maximum atomic E-state index is 14.5. The molecule has 37 heavy (non-hydrogen) atoms. The molecule has 2 aromatic heterocycles. The van der Waals surface area contributed by atoms with Gasteiger partial charge in [0.25, 0.3) is 0 Å². The molecule has 10 nitrogen and oxygen atoms in total. The number of halogens is 2. The normalized spacial score (nSPS) is 13.9. The van der Waals surface area contributed by atoms with Crippen LogP contribution in [0.5, 0.6) is 17.2 Å². The first-order chi connectivity index (χ1) is 18.0. The molecule has 4 rings (SSSR count). The maximum absolute atomic E-state index is 14.5. The highest BCUT2D eigenvalue weighted by Gasteiger charge is 2.21. The van der Waals surface area contributed by atoms with E-state index < -0.39 is 18.2 Å². The highest BCUT2D eigenvalue weighted by atomic mass is 19.1. The van der Waals surface area contributed by atoms with E-state index in [1.807, 2.05) is 12.1 Å². The molecule has 12 heteroatoms. The van der Waals surface area contributed by atoms with E-state index in [2.05, 4.69) is 30.1 Å². The molecule has 1 saturated heterocycles. The molecule has 1 aliphatic heterocycles. The van der Waals surface area contributed by atoms with Gasteiger partial charge < -0.3 is 29.5 Å². The molecule has 0 amide bonds. The average molecular weight is 517 g/mol. The summed E-state index contributed by atoms with van der Waals surface area (Å²) in [6.45, 7) is 4.37. The second kappa shape index (κ2) is 12.5. The van der Waals surface area contributed by atoms with E-state index in [-0.39, 0.29) is 29.4 Å². The molecule has 198 valence electrons. The molecule has 2 N–H and O–H groups in total. The first-order valence-corrected chi connectivity index (χ1v) is 11.9. The second-order valence-electron chi connectivity index (χ2n) is 8.35. The minimum absolute atomic E-state index is 0.146. The third kappa shape index (κ3) is 6.52. The standard InChI is InChI=1S/C25H30F2N6O4/c1-35-20-12-21(36-2)24(27)19(23(20)26)16-37-18-14-29-25(30-15-18)31-17-4-5-22(28-13-17)33-9-7-32(8-10-33)6-3-11-34/h4-5,12-15,34H,3,6-11,16H2,1-2H3,(H,29,30,31). The summed E-state index contributed by atoms with van der Waals surface area (Å²) in [7, 11) is 2.57. The van der Waals surface area contributed by atoms with Gasteiger partial charge in [0.1, 0.15) is 12.4 Å². The molecule has 3 heterocycles. The van der Waals surface area contributed by atoms with Crippen molar-refractivity contribution in [3.63, 3.8) is 0 Å². The quantitative estimate of drug-likeness (QED) is 0.395. The number of benzene rings is 1. The molecule has 3 aromatic rings. The number of nitrogens with one attached hydrogen (secondary N) is 1. The monoisotopic (exact) mass is 516 g/mol. The number of methoxy groups -OCH3 is 2. The molecule has 0 atom stereocenters. The van der Waals surface area contributed by atoms with Crippen molar-refractivity contribution in [2.24, 2.45) is 0 Å². The van der Waals surface area contributed by atoms with Crippen LogP contribution in [0.4, 0.5) is 26.2 Å². The van der Waals surface area contributed by atoms with Crippen molar-refractivity contribution in [3.05, 3.63) is 54.0 Å². The molecular weight excluding hydrogens is 486 g/mol. The van der Waals surface area contributed by atoms with E-state index in [4.69, 9.17) is 19.3 Å². The van der Waals surface area contributed by atoms with Crippen LogP contribution in [0.3, 0.4) is 0 Å². The highest BCUT2D eigenvalue weighted by Crippen LogP contribution is 2.32. The van der Waals surface area contributed by atoms with Crippen LogP contribution >= 0.6 is 0 Å². The Labute approximate surface area is 213 Å². The lowest BCUT2D eigenvalue weighted by Gasteiger charge is -2.35. The average Bonchev–Trinajstić information content (AvgIpc) is 2.93. The fourth-order valence-corrected chi connectivity index (χ4v) is 3.95. The number of pyridine rings is 1. The topological polar surface area (TPSA) is 105 Å². The van der Waals surface area contributed by atoms with E-state index in [0.717, 1.165) is 51.0 Å². The van der Waals surface area contributed by atoms with E-state index in [0.29, 0.717) is 11.6 Å². The summed E-state index contributed by atoms with van der Waals surface area (Å²) in [4.78, 5) is 17.5. The molecule has 1 fully saturated rings. The van der Waals surface area contributed by atoms with Crippen molar-refractivity contribution >= 4 is 17.5 Å². The largest absolute Gasteiger partial charge is 0.494 e. The van der Waals surface area contributed by atoms with E-state index >= 15 is 0 Å². The predicted molar refractivity (Wildman–Crippen MR) is 134 cm³/mol. The SMILES string of the molecule is COc1cc(OC)c(F)c(COc2cnc(Nc3ccc(N4CCN(CCCO)CC4)nc3)nc2)c1F. The van der Waals surface area contributed by atoms with Gasteiger partial charge in [-0.1, -0.05) is 0 Å². The number of nitrogens with zero attached hydrogens (tertiary/aromatic N) is 5. The third-order valence-corrected chi connectivity index (χ3v) is 6.01. The second-order valence-corrected chi connectivity index (χ2v) is 8.35. The van der Waals surface area contributed by atoms with Crippen LogP contribution in [0, 0.1) is 11.6 Å². The first kappa shape index (κ1) is 26.3. The number of anilines is 3. The van der Waals surface area contributed by atoms with Gasteiger partial charge in [0.05, 0.1) is 44.1 Å². The van der Waals surface area contributed by atoms with Gasteiger partial charge in [0, 0.05) is 45.4 Å². The van der Waals surface area contributed by atoms with Gasteiger partial charge >= 0.3 is 0 Å². The Morgan fingerprint density at radius 1 is 0.946 bits per heavy atom. The zero-order chi connectivity index (χ0) is 26.2. The van der Waals surface area contributed by atoms with Gasteiger partial charge in [-0.15, -0.1) is 0 Å². The van der Waals surface area contributed by atoms with Crippen molar-refractivity contribution < 1.29 is 28.1 Å². The van der Waals surface area contributed by atoms with Gasteiger partial charge in [-0.3, -0.25) is 4.90 Å². The lowest BCUT2D eigenvalue weighted by atomic mass is 10.1. The number of ether oxygens (including phenoxy) is 3. The summed E-state index contributed by atoms with van der Waals surface area (Å²) >= 11 is 0. The van der Waals surface area contributed by atoms with Crippen LogP contribution in [0.15, 0.2) is 36.8 Å². The van der Waals surface area contributed by atoms with Gasteiger partial charge in [0.15, 0.2) is 28.9 Å². The zero-order valence-corrected chi connectivity index (χ0v) is 20.8. The molecule has 0 bridgehead atoms. The van der Waals surface area contributed by atoms with E-state index in [1.54, 1.807) is 6.20 Å². The Hall–Kier alpha value is -3.77. The number of hydrogen-bond donors (Lipinski definition) is 2. The fraction of sp³-hybridized carbons (Fsp3) is 0.400. The molecule has 1 aromatic carbocycles. The lowest BCUT2D eigenvalue weighted by molar-refractivity contribution is 0.215. The van der Waals surface area contributed by atoms with Gasteiger partial charge in [-0.05, 0) is 18.6 Å². The number of aromatic nitrogens is 3. The maximum Gasteiger partial charge on any atom is 0.227 e. The summed E-state index contributed by atoms with van der Waals surface area (Å²) < 4.78 is 44.4. The predicted octanol–water partition coefficient (Wildman–Crippen LogP) is 2.99. The zero-order valence-electron chi connectivity index (χ0n) is 20.8. The number of hydrogen-bond acceptors (Lipinski definition) is 10. The van der Waals surface area contributed by atoms with Crippen molar-refractivity contribution in [2.75, 3.05) is 63.8 Å². The van der Waals surface area contributed by atoms with E-state index in [9.17, 15) is 8.78 Å². The molecule has 0 radical (unpaired) electrons. The Balaban J connectivity index is 1.32. The highest BCUT2D eigenvalue weighted by molar-refractivity contribution is 5.55. The molecule has 0 saturated carbocycles. The Bertz CT molecular complexity index is 1130. The Morgan fingerprint density at radius 3 is 2.19 bits per heavy atom. The van der Waals surface area contributed by atoms with Crippen LogP contribution in [-0.2, 0) is 6.61 Å². The van der Waals surface area contributed by atoms with Crippen molar-refractivity contribution in [1.29, 1.82) is 0 Å². The molecule has 0 unspecified atom stereocenters. The van der Waals surface area contributed by atoms with Crippen LogP contribution in [0.2, 0.25) is 0 Å². The summed E-state index contributed by atoms with van der Waals surface area (Å²) in [5.74, 6) is -0.567.